The molecule has 130 valence electrons. The maximum Gasteiger partial charge on any atom is 0.336 e. The molecule has 0 aliphatic heterocycles. The molecule has 26 heavy (non-hydrogen) atoms. The van der Waals surface area contributed by atoms with Crippen LogP contribution in [0.2, 0.25) is 0 Å². The second-order valence-corrected chi connectivity index (χ2v) is 5.93. The minimum absolute atomic E-state index is 0.280. The number of halogens is 1. The Balaban J connectivity index is 1.69. The fourth-order valence-electron chi connectivity index (χ4n) is 2.80. The Morgan fingerprint density at radius 2 is 1.92 bits per heavy atom. The molecule has 0 bridgehead atoms. The molecule has 0 aliphatic carbocycles. The van der Waals surface area contributed by atoms with Crippen LogP contribution >= 0.6 is 0 Å². The fourth-order valence-corrected chi connectivity index (χ4v) is 2.80. The molecular formula is C19H15FN4O2. The molecule has 0 aliphatic rings. The van der Waals surface area contributed by atoms with Crippen LogP contribution < -0.4 is 5.63 Å². The first-order valence-electron chi connectivity index (χ1n) is 8.22. The van der Waals surface area contributed by atoms with E-state index in [9.17, 15) is 9.18 Å². The summed E-state index contributed by atoms with van der Waals surface area (Å²) in [5.74, 6) is 0.0700. The number of hydrogen-bond donors (Lipinski definition) is 0. The molecule has 0 atom stereocenters. The molecule has 0 radical (unpaired) electrons. The second-order valence-electron chi connectivity index (χ2n) is 5.93. The van der Waals surface area contributed by atoms with Crippen molar-refractivity contribution in [1.29, 1.82) is 0 Å². The van der Waals surface area contributed by atoms with Gasteiger partial charge in [-0.3, -0.25) is 0 Å². The van der Waals surface area contributed by atoms with Crippen molar-refractivity contribution in [3.8, 4) is 11.4 Å². The first-order chi connectivity index (χ1) is 12.6. The van der Waals surface area contributed by atoms with Crippen LogP contribution in [0.5, 0.6) is 0 Å². The Morgan fingerprint density at radius 3 is 2.69 bits per heavy atom. The highest BCUT2D eigenvalue weighted by molar-refractivity contribution is 5.80. The molecule has 6 nitrogen and oxygen atoms in total. The first kappa shape index (κ1) is 16.1. The summed E-state index contributed by atoms with van der Waals surface area (Å²) in [6.07, 6.45) is 0.857. The van der Waals surface area contributed by atoms with Gasteiger partial charge in [0.05, 0.1) is 6.54 Å². The lowest BCUT2D eigenvalue weighted by molar-refractivity contribution is 0.545. The maximum atomic E-state index is 13.0. The van der Waals surface area contributed by atoms with Crippen LogP contribution in [-0.4, -0.2) is 20.2 Å². The fraction of sp³-hybridized carbons (Fsp3) is 0.158. The van der Waals surface area contributed by atoms with Gasteiger partial charge in [-0.2, -0.15) is 4.80 Å². The van der Waals surface area contributed by atoms with Crippen molar-refractivity contribution in [3.05, 3.63) is 75.9 Å². The Bertz CT molecular complexity index is 1130. The van der Waals surface area contributed by atoms with Crippen molar-refractivity contribution >= 4 is 11.0 Å². The lowest BCUT2D eigenvalue weighted by Crippen LogP contribution is -2.08. The number of nitrogens with zero attached hydrogens (tertiary/aromatic N) is 4. The first-order valence-corrected chi connectivity index (χ1v) is 8.22. The molecule has 2 aromatic heterocycles. The van der Waals surface area contributed by atoms with Gasteiger partial charge in [-0.1, -0.05) is 19.1 Å². The molecule has 4 rings (SSSR count). The third-order valence-corrected chi connectivity index (χ3v) is 4.17. The topological polar surface area (TPSA) is 73.8 Å². The number of tetrazole rings is 1. The number of aryl methyl sites for hydroxylation is 1. The van der Waals surface area contributed by atoms with Crippen molar-refractivity contribution in [2.75, 3.05) is 0 Å². The van der Waals surface area contributed by atoms with E-state index in [1.54, 1.807) is 12.1 Å². The van der Waals surface area contributed by atoms with Gasteiger partial charge in [0, 0.05) is 17.0 Å². The molecular weight excluding hydrogens is 335 g/mol. The largest absolute Gasteiger partial charge is 0.423 e. The zero-order chi connectivity index (χ0) is 18.1. The SMILES string of the molecule is CCc1ccc2c(Cn3nnc(-c4ccc(F)cc4)n3)cc(=O)oc2c1. The predicted molar refractivity (Wildman–Crippen MR) is 94.2 cm³/mol. The van der Waals surface area contributed by atoms with Crippen molar-refractivity contribution in [3.63, 3.8) is 0 Å². The molecule has 0 saturated heterocycles. The summed E-state index contributed by atoms with van der Waals surface area (Å²) in [5, 5.41) is 13.2. The number of aromatic nitrogens is 4. The van der Waals surface area contributed by atoms with Crippen LogP contribution in [-0.2, 0) is 13.0 Å². The molecule has 0 saturated carbocycles. The quantitative estimate of drug-likeness (QED) is 0.529. The summed E-state index contributed by atoms with van der Waals surface area (Å²) >= 11 is 0. The molecule has 0 fully saturated rings. The van der Waals surface area contributed by atoms with E-state index < -0.39 is 5.63 Å². The zero-order valence-corrected chi connectivity index (χ0v) is 14.0. The van der Waals surface area contributed by atoms with Gasteiger partial charge in [-0.15, -0.1) is 10.2 Å². The molecule has 2 aromatic carbocycles. The molecule has 2 heterocycles. The van der Waals surface area contributed by atoms with Crippen molar-refractivity contribution in [1.82, 2.24) is 20.2 Å². The summed E-state index contributed by atoms with van der Waals surface area (Å²) in [5.41, 5.74) is 2.64. The summed E-state index contributed by atoms with van der Waals surface area (Å²) in [6, 6.07) is 13.1. The van der Waals surface area contributed by atoms with Crippen LogP contribution in [0, 0.1) is 5.82 Å². The van der Waals surface area contributed by atoms with Crippen LogP contribution in [0.25, 0.3) is 22.4 Å². The predicted octanol–water partition coefficient (Wildman–Crippen LogP) is 3.20. The smallest absolute Gasteiger partial charge is 0.336 e. The Morgan fingerprint density at radius 1 is 1.12 bits per heavy atom. The summed E-state index contributed by atoms with van der Waals surface area (Å²) in [6.45, 7) is 2.32. The number of rotatable bonds is 4. The maximum absolute atomic E-state index is 13.0. The van der Waals surface area contributed by atoms with Crippen LogP contribution in [0.1, 0.15) is 18.1 Å². The van der Waals surface area contributed by atoms with E-state index >= 15 is 0 Å². The normalized spacial score (nSPS) is 11.2. The Hall–Kier alpha value is -3.35. The standard InChI is InChI=1S/C19H15FN4O2/c1-2-12-3-8-16-14(10-18(25)26-17(16)9-12)11-24-22-19(21-23-24)13-4-6-15(20)7-5-13/h3-10H,2,11H2,1H3. The van der Waals surface area contributed by atoms with Gasteiger partial charge >= 0.3 is 5.63 Å². The number of hydrogen-bond acceptors (Lipinski definition) is 5. The van der Waals surface area contributed by atoms with Gasteiger partial charge in [0.25, 0.3) is 0 Å². The Labute approximate surface area is 147 Å². The van der Waals surface area contributed by atoms with Gasteiger partial charge in [0.2, 0.25) is 5.82 Å². The molecule has 4 aromatic rings. The highest BCUT2D eigenvalue weighted by Crippen LogP contribution is 2.20. The van der Waals surface area contributed by atoms with Crippen molar-refractivity contribution in [2.45, 2.75) is 19.9 Å². The third kappa shape index (κ3) is 3.11. The van der Waals surface area contributed by atoms with E-state index in [1.807, 2.05) is 25.1 Å². The van der Waals surface area contributed by atoms with Gasteiger partial charge in [-0.25, -0.2) is 9.18 Å². The highest BCUT2D eigenvalue weighted by atomic mass is 19.1. The molecule has 0 unspecified atom stereocenters. The molecule has 0 N–H and O–H groups in total. The highest BCUT2D eigenvalue weighted by Gasteiger charge is 2.11. The van der Waals surface area contributed by atoms with E-state index in [4.69, 9.17) is 4.42 Å². The van der Waals surface area contributed by atoms with Crippen LogP contribution in [0.3, 0.4) is 0 Å². The van der Waals surface area contributed by atoms with E-state index in [2.05, 4.69) is 15.4 Å². The summed E-state index contributed by atoms with van der Waals surface area (Å²) < 4.78 is 18.3. The van der Waals surface area contributed by atoms with Gasteiger partial charge in [0.15, 0.2) is 0 Å². The van der Waals surface area contributed by atoms with Gasteiger partial charge in [0.1, 0.15) is 11.4 Å². The van der Waals surface area contributed by atoms with Gasteiger partial charge in [-0.05, 0) is 53.1 Å². The second kappa shape index (κ2) is 6.51. The van der Waals surface area contributed by atoms with E-state index in [-0.39, 0.29) is 12.4 Å². The lowest BCUT2D eigenvalue weighted by atomic mass is 10.1. The van der Waals surface area contributed by atoms with Crippen LogP contribution in [0.4, 0.5) is 4.39 Å². The minimum Gasteiger partial charge on any atom is -0.423 e. The Kier molecular flexibility index (Phi) is 4.04. The molecule has 0 spiro atoms. The monoisotopic (exact) mass is 350 g/mol. The van der Waals surface area contributed by atoms with E-state index in [0.717, 1.165) is 22.9 Å². The summed E-state index contributed by atoms with van der Waals surface area (Å²) in [7, 11) is 0. The minimum atomic E-state index is -0.417. The van der Waals surface area contributed by atoms with Crippen LogP contribution in [0.15, 0.2) is 57.7 Å². The average molecular weight is 350 g/mol. The van der Waals surface area contributed by atoms with Gasteiger partial charge < -0.3 is 4.42 Å². The van der Waals surface area contributed by atoms with Crippen molar-refractivity contribution in [2.24, 2.45) is 0 Å². The van der Waals surface area contributed by atoms with E-state index in [1.165, 1.54) is 23.0 Å². The number of fused-ring (bicyclic) bond motifs is 1. The zero-order valence-electron chi connectivity index (χ0n) is 14.0. The average Bonchev–Trinajstić information content (AvgIpc) is 3.10. The molecule has 7 heteroatoms. The number of benzene rings is 2. The third-order valence-electron chi connectivity index (χ3n) is 4.17. The van der Waals surface area contributed by atoms with Crippen molar-refractivity contribution < 1.29 is 8.81 Å². The molecule has 0 amide bonds. The van der Waals surface area contributed by atoms with E-state index in [0.29, 0.717) is 17.0 Å². The summed E-state index contributed by atoms with van der Waals surface area (Å²) in [4.78, 5) is 13.3. The lowest BCUT2D eigenvalue weighted by Gasteiger charge is -2.05.